The highest BCUT2D eigenvalue weighted by molar-refractivity contribution is 5.74. The van der Waals surface area contributed by atoms with Crippen LogP contribution >= 0.6 is 0 Å². The van der Waals surface area contributed by atoms with Crippen LogP contribution in [0.4, 0.5) is 4.79 Å². The summed E-state index contributed by atoms with van der Waals surface area (Å²) in [4.78, 5) is 27.1. The number of likely N-dealkylation sites (tertiary alicyclic amines) is 1. The van der Waals surface area contributed by atoms with Crippen LogP contribution in [0, 0.1) is 0 Å². The molecule has 1 unspecified atom stereocenters. The van der Waals surface area contributed by atoms with E-state index in [-0.39, 0.29) is 30.3 Å². The number of amides is 2. The van der Waals surface area contributed by atoms with Gasteiger partial charge < -0.3 is 20.1 Å². The van der Waals surface area contributed by atoms with Crippen LogP contribution in [0.15, 0.2) is 0 Å². The third-order valence-corrected chi connectivity index (χ3v) is 5.53. The highest BCUT2D eigenvalue weighted by Gasteiger charge is 2.36. The Hall–Kier alpha value is -1.34. The highest BCUT2D eigenvalue weighted by Crippen LogP contribution is 2.27. The van der Waals surface area contributed by atoms with Gasteiger partial charge in [0.15, 0.2) is 0 Å². The van der Waals surface area contributed by atoms with E-state index in [0.29, 0.717) is 6.54 Å². The zero-order valence-corrected chi connectivity index (χ0v) is 15.1. The van der Waals surface area contributed by atoms with E-state index in [1.807, 2.05) is 16.7 Å². The minimum Gasteiger partial charge on any atom is -0.480 e. The summed E-state index contributed by atoms with van der Waals surface area (Å²) >= 11 is 0. The zero-order chi connectivity index (χ0) is 17.7. The molecule has 1 saturated heterocycles. The van der Waals surface area contributed by atoms with Gasteiger partial charge in [-0.15, -0.1) is 0 Å². The van der Waals surface area contributed by atoms with Crippen LogP contribution < -0.4 is 5.32 Å². The Balaban J connectivity index is 1.75. The van der Waals surface area contributed by atoms with E-state index in [9.17, 15) is 9.59 Å². The van der Waals surface area contributed by atoms with Crippen molar-refractivity contribution in [1.29, 1.82) is 0 Å². The maximum atomic E-state index is 12.4. The molecule has 0 radical (unpaired) electrons. The van der Waals surface area contributed by atoms with Crippen molar-refractivity contribution in [3.63, 3.8) is 0 Å². The SMILES string of the molecule is CCN(CC(=O)O)C1CC(NC(=O)N2CCCC(C)(OC)CC2)C1. The molecule has 0 aromatic carbocycles. The quantitative estimate of drug-likeness (QED) is 0.765. The number of nitrogens with zero attached hydrogens (tertiary/aromatic N) is 2. The van der Waals surface area contributed by atoms with E-state index < -0.39 is 5.97 Å². The second kappa shape index (κ2) is 8.16. The molecule has 0 spiro atoms. The summed E-state index contributed by atoms with van der Waals surface area (Å²) in [6.45, 7) is 6.35. The lowest BCUT2D eigenvalue weighted by Crippen LogP contribution is -2.57. The average molecular weight is 341 g/mol. The molecule has 1 atom stereocenters. The third kappa shape index (κ3) is 4.83. The lowest BCUT2D eigenvalue weighted by atomic mass is 9.85. The largest absolute Gasteiger partial charge is 0.480 e. The molecule has 1 aliphatic heterocycles. The second-order valence-electron chi connectivity index (χ2n) is 7.22. The average Bonchev–Trinajstić information content (AvgIpc) is 2.71. The van der Waals surface area contributed by atoms with E-state index in [1.54, 1.807) is 7.11 Å². The summed E-state index contributed by atoms with van der Waals surface area (Å²) in [5.74, 6) is -0.796. The Morgan fingerprint density at radius 2 is 2.04 bits per heavy atom. The van der Waals surface area contributed by atoms with Gasteiger partial charge in [0.05, 0.1) is 12.1 Å². The number of aliphatic carboxylic acids is 1. The Kier molecular flexibility index (Phi) is 6.46. The fraction of sp³-hybridized carbons (Fsp3) is 0.882. The monoisotopic (exact) mass is 341 g/mol. The van der Waals surface area contributed by atoms with Crippen molar-refractivity contribution in [2.75, 3.05) is 33.3 Å². The molecule has 7 heteroatoms. The van der Waals surface area contributed by atoms with Crippen LogP contribution in [0.2, 0.25) is 0 Å². The predicted molar refractivity (Wildman–Crippen MR) is 91.1 cm³/mol. The summed E-state index contributed by atoms with van der Waals surface area (Å²) < 4.78 is 5.57. The molecule has 138 valence electrons. The van der Waals surface area contributed by atoms with Gasteiger partial charge in [-0.05, 0) is 45.6 Å². The van der Waals surface area contributed by atoms with E-state index in [1.165, 1.54) is 0 Å². The van der Waals surface area contributed by atoms with Crippen molar-refractivity contribution in [2.45, 2.75) is 63.6 Å². The Morgan fingerprint density at radius 1 is 1.33 bits per heavy atom. The number of carboxylic acid groups (broad SMARTS) is 1. The number of hydrogen-bond acceptors (Lipinski definition) is 4. The number of nitrogens with one attached hydrogen (secondary N) is 1. The summed E-state index contributed by atoms with van der Waals surface area (Å²) in [5, 5.41) is 12.0. The fourth-order valence-electron chi connectivity index (χ4n) is 3.60. The molecule has 0 aromatic heterocycles. The van der Waals surface area contributed by atoms with E-state index >= 15 is 0 Å². The molecule has 1 heterocycles. The molecule has 2 rings (SSSR count). The van der Waals surface area contributed by atoms with Gasteiger partial charge >= 0.3 is 12.0 Å². The number of methoxy groups -OCH3 is 1. The second-order valence-corrected chi connectivity index (χ2v) is 7.22. The molecule has 24 heavy (non-hydrogen) atoms. The Labute approximate surface area is 144 Å². The van der Waals surface area contributed by atoms with Crippen LogP contribution in [0.1, 0.15) is 46.0 Å². The normalized spacial score (nSPS) is 30.6. The van der Waals surface area contributed by atoms with Crippen molar-refractivity contribution in [3.8, 4) is 0 Å². The van der Waals surface area contributed by atoms with Gasteiger partial charge in [-0.25, -0.2) is 4.79 Å². The molecule has 2 amide bonds. The molecule has 7 nitrogen and oxygen atoms in total. The summed E-state index contributed by atoms with van der Waals surface area (Å²) in [6, 6.07) is 0.416. The van der Waals surface area contributed by atoms with Crippen molar-refractivity contribution in [3.05, 3.63) is 0 Å². The van der Waals surface area contributed by atoms with Crippen LogP contribution in [0.25, 0.3) is 0 Å². The Morgan fingerprint density at radius 3 is 2.62 bits per heavy atom. The maximum Gasteiger partial charge on any atom is 0.317 e. The van der Waals surface area contributed by atoms with Crippen molar-refractivity contribution < 1.29 is 19.4 Å². The number of likely N-dealkylation sites (N-methyl/N-ethyl adjacent to an activating group) is 1. The topological polar surface area (TPSA) is 82.1 Å². The third-order valence-electron chi connectivity index (χ3n) is 5.53. The first-order valence-corrected chi connectivity index (χ1v) is 8.93. The van der Waals surface area contributed by atoms with Crippen LogP contribution in [0.3, 0.4) is 0 Å². The Bertz CT molecular complexity index is 453. The number of rotatable bonds is 6. The molecular formula is C17H31N3O4. The molecule has 1 saturated carbocycles. The van der Waals surface area contributed by atoms with Crippen LogP contribution in [-0.4, -0.2) is 77.9 Å². The van der Waals surface area contributed by atoms with Crippen molar-refractivity contribution >= 4 is 12.0 Å². The number of carboxylic acids is 1. The molecule has 0 aromatic rings. The van der Waals surface area contributed by atoms with Crippen molar-refractivity contribution in [2.24, 2.45) is 0 Å². The predicted octanol–water partition coefficient (Wildman–Crippen LogP) is 1.52. The maximum absolute atomic E-state index is 12.4. The zero-order valence-electron chi connectivity index (χ0n) is 15.1. The van der Waals surface area contributed by atoms with Crippen LogP contribution in [-0.2, 0) is 9.53 Å². The first-order chi connectivity index (χ1) is 11.4. The molecule has 1 aliphatic carbocycles. The van der Waals surface area contributed by atoms with Gasteiger partial charge in [0, 0.05) is 32.3 Å². The van der Waals surface area contributed by atoms with E-state index in [0.717, 1.165) is 45.2 Å². The first kappa shape index (κ1) is 19.0. The lowest BCUT2D eigenvalue weighted by Gasteiger charge is -2.42. The lowest BCUT2D eigenvalue weighted by molar-refractivity contribution is -0.139. The molecule has 0 bridgehead atoms. The summed E-state index contributed by atoms with van der Waals surface area (Å²) in [6.07, 6.45) is 4.44. The fourth-order valence-corrected chi connectivity index (χ4v) is 3.60. The minimum absolute atomic E-state index is 0.0000797. The van der Waals surface area contributed by atoms with Gasteiger partial charge in [0.25, 0.3) is 0 Å². The molecule has 2 aliphatic rings. The minimum atomic E-state index is -0.796. The van der Waals surface area contributed by atoms with Gasteiger partial charge in [0.2, 0.25) is 0 Å². The smallest absolute Gasteiger partial charge is 0.317 e. The molecular weight excluding hydrogens is 310 g/mol. The first-order valence-electron chi connectivity index (χ1n) is 8.93. The van der Waals surface area contributed by atoms with Gasteiger partial charge in [-0.2, -0.15) is 0 Å². The van der Waals surface area contributed by atoms with Gasteiger partial charge in [-0.3, -0.25) is 9.69 Å². The number of carbonyl (C=O) groups excluding carboxylic acids is 1. The number of urea groups is 1. The van der Waals surface area contributed by atoms with E-state index in [2.05, 4.69) is 12.2 Å². The molecule has 2 N–H and O–H groups in total. The number of carbonyl (C=O) groups is 2. The highest BCUT2D eigenvalue weighted by atomic mass is 16.5. The molecule has 2 fully saturated rings. The number of ether oxygens (including phenoxy) is 1. The van der Waals surface area contributed by atoms with Crippen molar-refractivity contribution in [1.82, 2.24) is 15.1 Å². The standard InChI is InChI=1S/C17H31N3O4/c1-4-19(12-15(21)22)14-10-13(11-14)18-16(23)20-8-5-6-17(2,24-3)7-9-20/h13-14H,4-12H2,1-3H3,(H,18,23)(H,21,22). The van der Waals surface area contributed by atoms with Crippen LogP contribution in [0.5, 0.6) is 0 Å². The number of hydrogen-bond donors (Lipinski definition) is 2. The van der Waals surface area contributed by atoms with E-state index in [4.69, 9.17) is 9.84 Å². The summed E-state index contributed by atoms with van der Waals surface area (Å²) in [5.41, 5.74) is -0.130. The summed E-state index contributed by atoms with van der Waals surface area (Å²) in [7, 11) is 1.74. The van der Waals surface area contributed by atoms with Gasteiger partial charge in [0.1, 0.15) is 0 Å². The van der Waals surface area contributed by atoms with Gasteiger partial charge in [-0.1, -0.05) is 6.92 Å².